The molecule has 114 valence electrons. The number of nitrogens with one attached hydrogen (secondary N) is 2. The third-order valence-electron chi connectivity index (χ3n) is 3.68. The maximum Gasteiger partial charge on any atom is 0.234 e. The maximum atomic E-state index is 12.1. The minimum Gasteiger partial charge on any atom is -0.314 e. The van der Waals surface area contributed by atoms with Crippen LogP contribution in [0.2, 0.25) is 0 Å². The molecule has 0 radical (unpaired) electrons. The number of piperidine rings is 1. The van der Waals surface area contributed by atoms with Gasteiger partial charge in [-0.25, -0.2) is 13.4 Å². The predicted molar refractivity (Wildman–Crippen MR) is 87.3 cm³/mol. The van der Waals surface area contributed by atoms with Gasteiger partial charge in [-0.05, 0) is 37.9 Å². The van der Waals surface area contributed by atoms with Crippen LogP contribution >= 0.6 is 11.3 Å². The van der Waals surface area contributed by atoms with Gasteiger partial charge >= 0.3 is 0 Å². The smallest absolute Gasteiger partial charge is 0.234 e. The molecular formula is C14H19N3O2S2. The third-order valence-corrected chi connectivity index (χ3v) is 6.04. The number of aromatic nitrogens is 1. The Hall–Kier alpha value is -1.18. The molecule has 1 aromatic carbocycles. The molecular weight excluding hydrogens is 306 g/mol. The van der Waals surface area contributed by atoms with Gasteiger partial charge in [0.1, 0.15) is 0 Å². The van der Waals surface area contributed by atoms with Crippen LogP contribution in [-0.4, -0.2) is 31.7 Å². The first-order chi connectivity index (χ1) is 10.1. The molecule has 0 bridgehead atoms. The SMILES string of the molecule is O=S(=O)(CCC1CCCCN1)Nc1nc2ccccc2s1. The standard InChI is InChI=1S/C14H19N3O2S2/c18-21(19,10-8-11-5-3-4-9-15-11)17-14-16-12-6-1-2-7-13(12)20-14/h1-2,6-7,11,15H,3-5,8-10H2,(H,16,17). The number of nitrogens with zero attached hydrogens (tertiary/aromatic N) is 1. The van der Waals surface area contributed by atoms with E-state index in [0.717, 1.165) is 23.2 Å². The fourth-order valence-corrected chi connectivity index (χ4v) is 4.84. The van der Waals surface area contributed by atoms with Gasteiger partial charge in [0.2, 0.25) is 10.0 Å². The Morgan fingerprint density at radius 1 is 1.33 bits per heavy atom. The van der Waals surface area contributed by atoms with Crippen molar-refractivity contribution in [3.63, 3.8) is 0 Å². The summed E-state index contributed by atoms with van der Waals surface area (Å²) in [6.45, 7) is 0.996. The van der Waals surface area contributed by atoms with E-state index < -0.39 is 10.0 Å². The summed E-state index contributed by atoms with van der Waals surface area (Å²) in [5.74, 6) is 0.139. The normalized spacial score (nSPS) is 19.7. The molecule has 1 fully saturated rings. The molecule has 1 aliphatic rings. The van der Waals surface area contributed by atoms with Crippen molar-refractivity contribution in [3.8, 4) is 0 Å². The highest BCUT2D eigenvalue weighted by molar-refractivity contribution is 7.92. The van der Waals surface area contributed by atoms with Crippen molar-refractivity contribution < 1.29 is 8.42 Å². The monoisotopic (exact) mass is 325 g/mol. The molecule has 7 heteroatoms. The van der Waals surface area contributed by atoms with Gasteiger partial charge in [-0.3, -0.25) is 4.72 Å². The topological polar surface area (TPSA) is 71.1 Å². The van der Waals surface area contributed by atoms with E-state index in [1.807, 2.05) is 24.3 Å². The number of fused-ring (bicyclic) bond motifs is 1. The van der Waals surface area contributed by atoms with E-state index in [0.29, 0.717) is 17.6 Å². The first-order valence-electron chi connectivity index (χ1n) is 7.22. The number of hydrogen-bond donors (Lipinski definition) is 2. The molecule has 0 aliphatic carbocycles. The molecule has 0 amide bonds. The Morgan fingerprint density at radius 3 is 2.95 bits per heavy atom. The van der Waals surface area contributed by atoms with Gasteiger partial charge in [0.05, 0.1) is 16.0 Å². The van der Waals surface area contributed by atoms with Crippen molar-refractivity contribution in [1.82, 2.24) is 10.3 Å². The van der Waals surface area contributed by atoms with E-state index in [1.54, 1.807) is 0 Å². The first-order valence-corrected chi connectivity index (χ1v) is 9.69. The van der Waals surface area contributed by atoms with Crippen LogP contribution < -0.4 is 10.0 Å². The number of rotatable bonds is 5. The van der Waals surface area contributed by atoms with Crippen molar-refractivity contribution in [3.05, 3.63) is 24.3 Å². The van der Waals surface area contributed by atoms with E-state index in [-0.39, 0.29) is 5.75 Å². The minimum absolute atomic E-state index is 0.139. The summed E-state index contributed by atoms with van der Waals surface area (Å²) in [5.41, 5.74) is 0.828. The zero-order valence-electron chi connectivity index (χ0n) is 11.7. The lowest BCUT2D eigenvalue weighted by molar-refractivity contribution is 0.393. The summed E-state index contributed by atoms with van der Waals surface area (Å²) < 4.78 is 27.9. The first kappa shape index (κ1) is 14.7. The second kappa shape index (κ2) is 6.29. The Morgan fingerprint density at radius 2 is 2.19 bits per heavy atom. The summed E-state index contributed by atoms with van der Waals surface area (Å²) in [7, 11) is -3.32. The lowest BCUT2D eigenvalue weighted by Crippen LogP contribution is -2.36. The zero-order valence-corrected chi connectivity index (χ0v) is 13.3. The molecule has 1 saturated heterocycles. The van der Waals surface area contributed by atoms with Crippen LogP contribution in [-0.2, 0) is 10.0 Å². The van der Waals surface area contributed by atoms with Crippen molar-refractivity contribution in [2.24, 2.45) is 0 Å². The molecule has 3 rings (SSSR count). The van der Waals surface area contributed by atoms with Gasteiger partial charge in [-0.2, -0.15) is 0 Å². The van der Waals surface area contributed by atoms with E-state index >= 15 is 0 Å². The van der Waals surface area contributed by atoms with Gasteiger partial charge in [0, 0.05) is 6.04 Å². The number of benzene rings is 1. The Labute approximate surface area is 128 Å². The molecule has 0 saturated carbocycles. The van der Waals surface area contributed by atoms with E-state index in [1.165, 1.54) is 24.2 Å². The zero-order chi connectivity index (χ0) is 14.7. The molecule has 1 atom stereocenters. The van der Waals surface area contributed by atoms with Crippen LogP contribution in [0.5, 0.6) is 0 Å². The lowest BCUT2D eigenvalue weighted by atomic mass is 10.0. The maximum absolute atomic E-state index is 12.1. The van der Waals surface area contributed by atoms with Gasteiger partial charge in [-0.15, -0.1) is 0 Å². The number of thiazole rings is 1. The van der Waals surface area contributed by atoms with Crippen LogP contribution in [0, 0.1) is 0 Å². The van der Waals surface area contributed by atoms with Crippen LogP contribution in [0.1, 0.15) is 25.7 Å². The van der Waals surface area contributed by atoms with Crippen LogP contribution in [0.4, 0.5) is 5.13 Å². The van der Waals surface area contributed by atoms with Crippen molar-refractivity contribution in [2.75, 3.05) is 17.0 Å². The molecule has 1 aromatic heterocycles. The van der Waals surface area contributed by atoms with Crippen molar-refractivity contribution in [1.29, 1.82) is 0 Å². The molecule has 2 heterocycles. The summed E-state index contributed by atoms with van der Waals surface area (Å²) in [4.78, 5) is 4.31. The summed E-state index contributed by atoms with van der Waals surface area (Å²) in [5, 5.41) is 3.82. The molecule has 2 N–H and O–H groups in total. The highest BCUT2D eigenvalue weighted by Gasteiger charge is 2.18. The molecule has 1 aliphatic heterocycles. The average Bonchev–Trinajstić information content (AvgIpc) is 2.87. The van der Waals surface area contributed by atoms with Gasteiger partial charge in [-0.1, -0.05) is 29.9 Å². The van der Waals surface area contributed by atoms with Gasteiger partial charge in [0.25, 0.3) is 0 Å². The van der Waals surface area contributed by atoms with E-state index in [9.17, 15) is 8.42 Å². The fourth-order valence-electron chi connectivity index (χ4n) is 2.57. The van der Waals surface area contributed by atoms with Crippen LogP contribution in [0.3, 0.4) is 0 Å². The van der Waals surface area contributed by atoms with Crippen LogP contribution in [0.15, 0.2) is 24.3 Å². The minimum atomic E-state index is -3.32. The highest BCUT2D eigenvalue weighted by Crippen LogP contribution is 2.26. The Balaban J connectivity index is 1.62. The van der Waals surface area contributed by atoms with Crippen molar-refractivity contribution in [2.45, 2.75) is 31.7 Å². The predicted octanol–water partition coefficient (Wildman–Crippen LogP) is 2.57. The molecule has 5 nitrogen and oxygen atoms in total. The lowest BCUT2D eigenvalue weighted by Gasteiger charge is -2.23. The molecule has 0 spiro atoms. The second-order valence-electron chi connectivity index (χ2n) is 5.34. The summed E-state index contributed by atoms with van der Waals surface area (Å²) in [6, 6.07) is 7.97. The number of hydrogen-bond acceptors (Lipinski definition) is 5. The fraction of sp³-hybridized carbons (Fsp3) is 0.500. The Bertz CT molecular complexity index is 673. The van der Waals surface area contributed by atoms with Gasteiger partial charge in [0.15, 0.2) is 5.13 Å². The molecule has 2 aromatic rings. The molecule has 21 heavy (non-hydrogen) atoms. The van der Waals surface area contributed by atoms with E-state index in [4.69, 9.17) is 0 Å². The quantitative estimate of drug-likeness (QED) is 0.886. The number of para-hydroxylation sites is 1. The van der Waals surface area contributed by atoms with Crippen LogP contribution in [0.25, 0.3) is 10.2 Å². The second-order valence-corrected chi connectivity index (χ2v) is 8.22. The van der Waals surface area contributed by atoms with Crippen molar-refractivity contribution >= 4 is 36.7 Å². The summed E-state index contributed by atoms with van der Waals surface area (Å²) in [6.07, 6.45) is 4.09. The Kier molecular flexibility index (Phi) is 4.42. The van der Waals surface area contributed by atoms with Gasteiger partial charge < -0.3 is 5.32 Å². The number of sulfonamides is 1. The number of anilines is 1. The third kappa shape index (κ3) is 3.93. The summed E-state index contributed by atoms with van der Waals surface area (Å²) >= 11 is 1.37. The molecule has 1 unspecified atom stereocenters. The largest absolute Gasteiger partial charge is 0.314 e. The highest BCUT2D eigenvalue weighted by atomic mass is 32.2. The van der Waals surface area contributed by atoms with E-state index in [2.05, 4.69) is 15.0 Å². The average molecular weight is 325 g/mol.